The summed E-state index contributed by atoms with van der Waals surface area (Å²) in [4.78, 5) is 10.1. The quantitative estimate of drug-likeness (QED) is 0.435. The Bertz CT molecular complexity index is 231. The lowest BCUT2D eigenvalue weighted by molar-refractivity contribution is -0.107. The summed E-state index contributed by atoms with van der Waals surface area (Å²) in [5.41, 5.74) is 2.62. The molecule has 0 fully saturated rings. The van der Waals surface area contributed by atoms with E-state index >= 15 is 0 Å². The normalized spacial score (nSPS) is 15.3. The number of rotatable bonds is 2. The first-order valence-electron chi connectivity index (χ1n) is 2.76. The van der Waals surface area contributed by atoms with Gasteiger partial charge in [-0.05, 0) is 12.2 Å². The zero-order valence-corrected chi connectivity index (χ0v) is 5.20. The molecule has 1 aliphatic heterocycles. The maximum absolute atomic E-state index is 10.1. The second-order valence-corrected chi connectivity index (χ2v) is 1.68. The minimum Gasteiger partial charge on any atom is -0.448 e. The van der Waals surface area contributed by atoms with Crippen molar-refractivity contribution in [2.24, 2.45) is 0 Å². The van der Waals surface area contributed by atoms with Gasteiger partial charge < -0.3 is 9.84 Å². The number of allylic oxidation sites excluding steroid dienone is 2. The fourth-order valence-corrected chi connectivity index (χ4v) is 0.564. The van der Waals surface area contributed by atoms with Crippen LogP contribution in [0.1, 0.15) is 0 Å². The van der Waals surface area contributed by atoms with E-state index in [1.165, 1.54) is 12.2 Å². The number of hydrogen-bond donors (Lipinski definition) is 1. The molecule has 0 unspecified atom stereocenters. The molecule has 0 aromatic carbocycles. The molecule has 0 saturated carbocycles. The van der Waals surface area contributed by atoms with Crippen LogP contribution in [0, 0.1) is 0 Å². The summed E-state index contributed by atoms with van der Waals surface area (Å²) in [7, 11) is 0. The fourth-order valence-electron chi connectivity index (χ4n) is 0.564. The molecule has 0 saturated heterocycles. The van der Waals surface area contributed by atoms with Gasteiger partial charge in [0.15, 0.2) is 17.8 Å². The molecule has 0 aromatic heterocycles. The summed E-state index contributed by atoms with van der Waals surface area (Å²) < 4.78 is 4.80. The van der Waals surface area contributed by atoms with E-state index in [9.17, 15) is 4.79 Å². The average molecular weight is 138 g/mol. The van der Waals surface area contributed by atoms with Crippen LogP contribution in [0.5, 0.6) is 0 Å². The molecule has 10 heavy (non-hydrogen) atoms. The Morgan fingerprint density at radius 1 is 1.80 bits per heavy atom. The van der Waals surface area contributed by atoms with E-state index in [-0.39, 0.29) is 18.1 Å². The van der Waals surface area contributed by atoms with E-state index in [1.54, 1.807) is 0 Å². The summed E-state index contributed by atoms with van der Waals surface area (Å²) in [6, 6.07) is 0. The smallest absolute Gasteiger partial charge is 0.185 e. The molecule has 0 spiro atoms. The van der Waals surface area contributed by atoms with E-state index in [0.717, 1.165) is 0 Å². The van der Waals surface area contributed by atoms with Crippen molar-refractivity contribution in [1.82, 2.24) is 0 Å². The Balaban J connectivity index is 2.74. The third-order valence-corrected chi connectivity index (χ3v) is 0.993. The first-order chi connectivity index (χ1) is 4.86. The Morgan fingerprint density at radius 3 is 3.20 bits per heavy atom. The van der Waals surface area contributed by atoms with Gasteiger partial charge in [-0.1, -0.05) is 5.73 Å². The molecule has 1 aliphatic rings. The number of hydrogen-bond acceptors (Lipinski definition) is 3. The number of aldehydes is 1. The van der Waals surface area contributed by atoms with Crippen LogP contribution in [0.3, 0.4) is 0 Å². The van der Waals surface area contributed by atoms with E-state index in [2.05, 4.69) is 5.73 Å². The van der Waals surface area contributed by atoms with Gasteiger partial charge in [-0.2, -0.15) is 0 Å². The van der Waals surface area contributed by atoms with Crippen LogP contribution >= 0.6 is 0 Å². The number of carbonyl (C=O) groups is 1. The number of carbonyl (C=O) groups excluding carboxylic acids is 1. The van der Waals surface area contributed by atoms with Crippen LogP contribution in [0.25, 0.3) is 0 Å². The molecule has 52 valence electrons. The Hall–Kier alpha value is -1.31. The summed E-state index contributed by atoms with van der Waals surface area (Å²) in [5, 5.41) is 8.52. The van der Waals surface area contributed by atoms with Crippen LogP contribution < -0.4 is 0 Å². The van der Waals surface area contributed by atoms with Crippen molar-refractivity contribution in [3.63, 3.8) is 0 Å². The van der Waals surface area contributed by atoms with E-state index < -0.39 is 0 Å². The third kappa shape index (κ3) is 1.35. The second kappa shape index (κ2) is 3.01. The average Bonchev–Trinajstić information content (AvgIpc) is 2.05. The molecule has 0 amide bonds. The lowest BCUT2D eigenvalue weighted by atomic mass is 10.4. The molecule has 3 nitrogen and oxygen atoms in total. The zero-order valence-electron chi connectivity index (χ0n) is 5.20. The molecule has 0 atom stereocenters. The van der Waals surface area contributed by atoms with Gasteiger partial charge in [-0.3, -0.25) is 4.79 Å². The Kier molecular flexibility index (Phi) is 2.05. The van der Waals surface area contributed by atoms with Crippen molar-refractivity contribution < 1.29 is 14.6 Å². The lowest BCUT2D eigenvalue weighted by Crippen LogP contribution is -1.99. The lowest BCUT2D eigenvalue weighted by Gasteiger charge is -2.05. The first kappa shape index (κ1) is 6.81. The largest absolute Gasteiger partial charge is 0.448 e. The molecular formula is C7H6O3. The number of aliphatic hydroxyl groups excluding tert-OH is 1. The van der Waals surface area contributed by atoms with E-state index in [1.807, 2.05) is 0 Å². The van der Waals surface area contributed by atoms with Crippen LogP contribution in [0.4, 0.5) is 0 Å². The predicted octanol–water partition coefficient (Wildman–Crippen LogP) is 0.131. The van der Waals surface area contributed by atoms with Gasteiger partial charge in [0.05, 0.1) is 0 Å². The Labute approximate surface area is 57.9 Å². The van der Waals surface area contributed by atoms with Gasteiger partial charge in [0, 0.05) is 0 Å². The molecular weight excluding hydrogens is 132 g/mol. The van der Waals surface area contributed by atoms with Crippen LogP contribution in [0.15, 0.2) is 29.4 Å². The van der Waals surface area contributed by atoms with Crippen molar-refractivity contribution in [2.45, 2.75) is 0 Å². The topological polar surface area (TPSA) is 46.5 Å². The van der Waals surface area contributed by atoms with Gasteiger partial charge in [-0.25, -0.2) is 0 Å². The second-order valence-electron chi connectivity index (χ2n) is 1.68. The SMILES string of the molecule is O=CC1=CC=C=C(CO)O1. The minimum absolute atomic E-state index is 0.197. The van der Waals surface area contributed by atoms with Crippen molar-refractivity contribution in [3.8, 4) is 0 Å². The number of ether oxygens (including phenoxy) is 1. The number of aliphatic hydroxyl groups is 1. The predicted molar refractivity (Wildman–Crippen MR) is 33.9 cm³/mol. The molecule has 1 N–H and O–H groups in total. The summed E-state index contributed by atoms with van der Waals surface area (Å²) >= 11 is 0. The zero-order chi connectivity index (χ0) is 7.40. The van der Waals surface area contributed by atoms with Crippen molar-refractivity contribution >= 4 is 6.29 Å². The highest BCUT2D eigenvalue weighted by molar-refractivity contribution is 5.71. The highest BCUT2D eigenvalue weighted by atomic mass is 16.5. The van der Waals surface area contributed by atoms with Crippen LogP contribution in [-0.2, 0) is 9.53 Å². The van der Waals surface area contributed by atoms with E-state index in [0.29, 0.717) is 6.29 Å². The fraction of sp³-hybridized carbons (Fsp3) is 0.143. The third-order valence-electron chi connectivity index (χ3n) is 0.993. The minimum atomic E-state index is -0.234. The summed E-state index contributed by atoms with van der Waals surface area (Å²) in [6.45, 7) is -0.234. The maximum Gasteiger partial charge on any atom is 0.185 e. The van der Waals surface area contributed by atoms with Gasteiger partial charge in [0.25, 0.3) is 0 Å². The van der Waals surface area contributed by atoms with Gasteiger partial charge in [0.2, 0.25) is 0 Å². The molecule has 0 radical (unpaired) electrons. The molecule has 0 aromatic rings. The molecule has 3 heteroatoms. The highest BCUT2D eigenvalue weighted by Gasteiger charge is 2.02. The van der Waals surface area contributed by atoms with Crippen molar-refractivity contribution in [3.05, 3.63) is 29.4 Å². The van der Waals surface area contributed by atoms with Crippen LogP contribution in [0.2, 0.25) is 0 Å². The molecule has 0 aliphatic carbocycles. The van der Waals surface area contributed by atoms with Gasteiger partial charge in [0.1, 0.15) is 6.61 Å². The standard InChI is InChI=1S/C7H6O3/c8-4-6-2-1-3-7(5-9)10-6/h1-2,4,9H,5H2. The van der Waals surface area contributed by atoms with Crippen molar-refractivity contribution in [1.29, 1.82) is 0 Å². The maximum atomic E-state index is 10.1. The van der Waals surface area contributed by atoms with E-state index in [4.69, 9.17) is 9.84 Å². The summed E-state index contributed by atoms with van der Waals surface area (Å²) in [6.07, 6.45) is 3.58. The van der Waals surface area contributed by atoms with Crippen molar-refractivity contribution in [2.75, 3.05) is 6.61 Å². The monoisotopic (exact) mass is 138 g/mol. The first-order valence-corrected chi connectivity index (χ1v) is 2.76. The molecule has 1 rings (SSSR count). The highest BCUT2D eigenvalue weighted by Crippen LogP contribution is 2.06. The molecule has 0 bridgehead atoms. The Morgan fingerprint density at radius 2 is 2.60 bits per heavy atom. The van der Waals surface area contributed by atoms with Crippen LogP contribution in [-0.4, -0.2) is 18.0 Å². The molecule has 1 heterocycles. The van der Waals surface area contributed by atoms with Gasteiger partial charge >= 0.3 is 0 Å². The summed E-state index contributed by atoms with van der Waals surface area (Å²) in [5.74, 6) is 0.465. The van der Waals surface area contributed by atoms with Gasteiger partial charge in [-0.15, -0.1) is 0 Å².